The Morgan fingerprint density at radius 2 is 1.95 bits per heavy atom. The quantitative estimate of drug-likeness (QED) is 0.891. The summed E-state index contributed by atoms with van der Waals surface area (Å²) in [6.07, 6.45) is 3.34. The molecule has 0 saturated heterocycles. The molecule has 0 saturated carbocycles. The van der Waals surface area contributed by atoms with Crippen LogP contribution < -0.4 is 5.73 Å². The highest BCUT2D eigenvalue weighted by Gasteiger charge is 2.36. The Bertz CT molecular complexity index is 461. The van der Waals surface area contributed by atoms with Gasteiger partial charge in [0.15, 0.2) is 0 Å². The van der Waals surface area contributed by atoms with Crippen molar-refractivity contribution < 1.29 is 0 Å². The fourth-order valence-electron chi connectivity index (χ4n) is 3.05. The van der Waals surface area contributed by atoms with E-state index in [1.807, 2.05) is 0 Å². The van der Waals surface area contributed by atoms with E-state index in [0.717, 1.165) is 38.9 Å². The Morgan fingerprint density at radius 1 is 1.20 bits per heavy atom. The van der Waals surface area contributed by atoms with E-state index in [1.165, 1.54) is 15.6 Å². The van der Waals surface area contributed by atoms with E-state index in [-0.39, 0.29) is 5.54 Å². The van der Waals surface area contributed by atoms with E-state index < -0.39 is 0 Å². The van der Waals surface area contributed by atoms with Crippen molar-refractivity contribution >= 4 is 15.9 Å². The normalized spacial score (nSPS) is 22.4. The second-order valence-corrected chi connectivity index (χ2v) is 7.16. The summed E-state index contributed by atoms with van der Waals surface area (Å²) in [5, 5.41) is 0. The Morgan fingerprint density at radius 3 is 2.60 bits per heavy atom. The third-order valence-electron chi connectivity index (χ3n) is 4.62. The van der Waals surface area contributed by atoms with Crippen LogP contribution in [0, 0.1) is 0 Å². The first-order chi connectivity index (χ1) is 9.47. The van der Waals surface area contributed by atoms with Crippen molar-refractivity contribution in [2.45, 2.75) is 24.8 Å². The average Bonchev–Trinajstić information content (AvgIpc) is 2.44. The van der Waals surface area contributed by atoms with Crippen LogP contribution in [-0.4, -0.2) is 56.1 Å². The van der Waals surface area contributed by atoms with Gasteiger partial charge in [0, 0.05) is 29.6 Å². The molecule has 0 aliphatic heterocycles. The molecule has 0 fully saturated rings. The van der Waals surface area contributed by atoms with Crippen molar-refractivity contribution in [2.75, 3.05) is 40.8 Å². The van der Waals surface area contributed by atoms with E-state index in [4.69, 9.17) is 5.73 Å². The highest BCUT2D eigenvalue weighted by atomic mass is 79.9. The third-order valence-corrected chi connectivity index (χ3v) is 5.11. The molecule has 4 heteroatoms. The van der Waals surface area contributed by atoms with Crippen molar-refractivity contribution in [3.05, 3.63) is 33.8 Å². The molecule has 1 aromatic rings. The molecule has 0 heterocycles. The van der Waals surface area contributed by atoms with Gasteiger partial charge >= 0.3 is 0 Å². The van der Waals surface area contributed by atoms with Crippen LogP contribution in [0.2, 0.25) is 0 Å². The molecule has 0 radical (unpaired) electrons. The van der Waals surface area contributed by atoms with Gasteiger partial charge < -0.3 is 10.6 Å². The number of aryl methyl sites for hydroxylation is 1. The fraction of sp³-hybridized carbons (Fsp3) is 0.625. The lowest BCUT2D eigenvalue weighted by atomic mass is 9.77. The van der Waals surface area contributed by atoms with E-state index in [0.29, 0.717) is 0 Å². The Kier molecular flexibility index (Phi) is 5.24. The zero-order chi connectivity index (χ0) is 14.8. The maximum atomic E-state index is 6.17. The summed E-state index contributed by atoms with van der Waals surface area (Å²) in [6, 6.07) is 6.66. The average molecular weight is 340 g/mol. The zero-order valence-electron chi connectivity index (χ0n) is 12.8. The standard InChI is InChI=1S/C16H26BrN3/c1-19(2)8-9-20(3)16(12-18)7-6-13-10-15(17)5-4-14(13)11-16/h4-5,10H,6-9,11-12,18H2,1-3H3. The van der Waals surface area contributed by atoms with Crippen molar-refractivity contribution in [3.63, 3.8) is 0 Å². The molecule has 1 aromatic carbocycles. The number of hydrogen-bond donors (Lipinski definition) is 1. The summed E-state index contributed by atoms with van der Waals surface area (Å²) in [5.74, 6) is 0. The summed E-state index contributed by atoms with van der Waals surface area (Å²) in [4.78, 5) is 4.70. The van der Waals surface area contributed by atoms with Crippen molar-refractivity contribution in [1.29, 1.82) is 0 Å². The minimum atomic E-state index is 0.122. The van der Waals surface area contributed by atoms with Crippen molar-refractivity contribution in [2.24, 2.45) is 5.73 Å². The predicted molar refractivity (Wildman–Crippen MR) is 89.1 cm³/mol. The monoisotopic (exact) mass is 339 g/mol. The number of fused-ring (bicyclic) bond motifs is 1. The van der Waals surface area contributed by atoms with Gasteiger partial charge in [0.1, 0.15) is 0 Å². The Labute approximate surface area is 131 Å². The first kappa shape index (κ1) is 16.0. The molecule has 2 N–H and O–H groups in total. The van der Waals surface area contributed by atoms with E-state index >= 15 is 0 Å². The predicted octanol–water partition coefficient (Wildman–Crippen LogP) is 2.13. The lowest BCUT2D eigenvalue weighted by Gasteiger charge is -2.45. The molecular weight excluding hydrogens is 314 g/mol. The third kappa shape index (κ3) is 3.42. The smallest absolute Gasteiger partial charge is 0.0372 e. The number of likely N-dealkylation sites (N-methyl/N-ethyl adjacent to an activating group) is 2. The Balaban J connectivity index is 2.15. The number of halogens is 1. The lowest BCUT2D eigenvalue weighted by molar-refractivity contribution is 0.100. The van der Waals surface area contributed by atoms with Gasteiger partial charge in [-0.3, -0.25) is 4.90 Å². The molecular formula is C16H26BrN3. The summed E-state index contributed by atoms with van der Waals surface area (Å²) in [7, 11) is 6.47. The second kappa shape index (κ2) is 6.56. The minimum absolute atomic E-state index is 0.122. The first-order valence-electron chi connectivity index (χ1n) is 7.30. The number of nitrogens with zero attached hydrogens (tertiary/aromatic N) is 2. The molecule has 2 rings (SSSR count). The maximum absolute atomic E-state index is 6.17. The van der Waals surface area contributed by atoms with Gasteiger partial charge in [0.05, 0.1) is 0 Å². The SMILES string of the molecule is CN(C)CCN(C)C1(CN)CCc2cc(Br)ccc2C1. The van der Waals surface area contributed by atoms with E-state index in [2.05, 4.69) is 65.1 Å². The number of nitrogens with two attached hydrogens (primary N) is 1. The minimum Gasteiger partial charge on any atom is -0.329 e. The van der Waals surface area contributed by atoms with Gasteiger partial charge in [-0.1, -0.05) is 22.0 Å². The molecule has 0 amide bonds. The van der Waals surface area contributed by atoms with Gasteiger partial charge in [-0.05, 0) is 63.7 Å². The fourth-order valence-corrected chi connectivity index (χ4v) is 3.46. The molecule has 0 aromatic heterocycles. The first-order valence-corrected chi connectivity index (χ1v) is 8.09. The number of rotatable bonds is 5. The highest BCUT2D eigenvalue weighted by molar-refractivity contribution is 9.10. The van der Waals surface area contributed by atoms with Crippen LogP contribution in [-0.2, 0) is 12.8 Å². The van der Waals surface area contributed by atoms with Crippen LogP contribution in [0.1, 0.15) is 17.5 Å². The number of hydrogen-bond acceptors (Lipinski definition) is 3. The van der Waals surface area contributed by atoms with Crippen LogP contribution in [0.3, 0.4) is 0 Å². The highest BCUT2D eigenvalue weighted by Crippen LogP contribution is 2.33. The summed E-state index contributed by atoms with van der Waals surface area (Å²) in [6.45, 7) is 2.87. The second-order valence-electron chi connectivity index (χ2n) is 6.24. The van der Waals surface area contributed by atoms with Crippen LogP contribution in [0.5, 0.6) is 0 Å². The van der Waals surface area contributed by atoms with E-state index in [1.54, 1.807) is 0 Å². The molecule has 1 atom stereocenters. The van der Waals surface area contributed by atoms with Crippen molar-refractivity contribution in [1.82, 2.24) is 9.80 Å². The summed E-state index contributed by atoms with van der Waals surface area (Å²) in [5.41, 5.74) is 9.23. The molecule has 3 nitrogen and oxygen atoms in total. The van der Waals surface area contributed by atoms with E-state index in [9.17, 15) is 0 Å². The summed E-state index contributed by atoms with van der Waals surface area (Å²) >= 11 is 3.57. The van der Waals surface area contributed by atoms with Gasteiger partial charge in [-0.25, -0.2) is 0 Å². The maximum Gasteiger partial charge on any atom is 0.0372 e. The molecule has 20 heavy (non-hydrogen) atoms. The van der Waals surface area contributed by atoms with Crippen LogP contribution in [0.25, 0.3) is 0 Å². The van der Waals surface area contributed by atoms with Gasteiger partial charge in [0.2, 0.25) is 0 Å². The molecule has 112 valence electrons. The zero-order valence-corrected chi connectivity index (χ0v) is 14.4. The van der Waals surface area contributed by atoms with Gasteiger partial charge in [0.25, 0.3) is 0 Å². The van der Waals surface area contributed by atoms with Crippen LogP contribution in [0.15, 0.2) is 22.7 Å². The van der Waals surface area contributed by atoms with Gasteiger partial charge in [-0.15, -0.1) is 0 Å². The molecule has 0 spiro atoms. The van der Waals surface area contributed by atoms with Gasteiger partial charge in [-0.2, -0.15) is 0 Å². The van der Waals surface area contributed by atoms with Crippen LogP contribution >= 0.6 is 15.9 Å². The largest absolute Gasteiger partial charge is 0.329 e. The molecule has 1 aliphatic carbocycles. The van der Waals surface area contributed by atoms with Crippen molar-refractivity contribution in [3.8, 4) is 0 Å². The number of benzene rings is 1. The Hall–Kier alpha value is -0.420. The lowest BCUT2D eigenvalue weighted by Crippen LogP contribution is -2.56. The molecule has 1 unspecified atom stereocenters. The summed E-state index contributed by atoms with van der Waals surface area (Å²) < 4.78 is 1.18. The van der Waals surface area contributed by atoms with Crippen LogP contribution in [0.4, 0.5) is 0 Å². The topological polar surface area (TPSA) is 32.5 Å². The molecule has 1 aliphatic rings. The molecule has 0 bridgehead atoms.